The Hall–Kier alpha value is 0.696. The molecule has 0 N–H and O–H groups in total. The predicted molar refractivity (Wildman–Crippen MR) is 72.5 cm³/mol. The SMILES string of the molecule is CN(C)[C]12[CH]3[CH]4[CH]5[C]1([Si](C)(C)C)[Fe]43521678[CH]2[CH]1[CH]6[CH]7[CH]28. The van der Waals surface area contributed by atoms with Crippen LogP contribution in [0.1, 0.15) is 0 Å². The first-order chi connectivity index (χ1) is 8.13. The number of hydrogen-bond acceptors (Lipinski definition) is 1. The first kappa shape index (κ1) is 7.63. The van der Waals surface area contributed by atoms with Crippen molar-refractivity contribution in [3.05, 3.63) is 0 Å². The molecule has 18 heavy (non-hydrogen) atoms. The molecule has 0 aromatic heterocycles. The van der Waals surface area contributed by atoms with Gasteiger partial charge >= 0.3 is 100 Å². The maximum atomic E-state index is 2.91. The molecular weight excluding hydrogens is 278 g/mol. The molecule has 0 saturated carbocycles. The quantitative estimate of drug-likeness (QED) is 0.694. The molecule has 10 aliphatic rings. The summed E-state index contributed by atoms with van der Waals surface area (Å²) < 4.78 is 2.08. The standard InChI is InChI=1S/C10H18NSi.C5H5.Fe/c1-11(2)9-7-6-8-10(9)12(3,4)5;1-2-4-5-3-1;/h6-8H,1-5H3;1-5H;. The van der Waals surface area contributed by atoms with Gasteiger partial charge in [0.2, 0.25) is 0 Å². The molecule has 0 bridgehead atoms. The van der Waals surface area contributed by atoms with Crippen LogP contribution in [-0.4, -0.2) is 31.5 Å². The fourth-order valence-electron chi connectivity index (χ4n) is 20.0. The van der Waals surface area contributed by atoms with Crippen molar-refractivity contribution in [3.63, 3.8) is 0 Å². The summed E-state index contributed by atoms with van der Waals surface area (Å²) in [5.41, 5.74) is 0. The normalized spacial score (nSPS) is 119. The minimum atomic E-state index is -3.01. The topological polar surface area (TPSA) is 3.24 Å². The average Bonchev–Trinajstić information content (AvgIpc) is 3.21. The van der Waals surface area contributed by atoms with Gasteiger partial charge in [-0.25, -0.2) is 0 Å². The van der Waals surface area contributed by atoms with Gasteiger partial charge in [0, 0.05) is 0 Å². The van der Waals surface area contributed by atoms with Crippen molar-refractivity contribution < 1.29 is 6.51 Å². The fraction of sp³-hybridized carbons (Fsp3) is 1.00. The zero-order chi connectivity index (χ0) is 12.0. The third-order valence-electron chi connectivity index (χ3n) is 16.5. The molecule has 10 saturated heterocycles. The third-order valence-corrected chi connectivity index (χ3v) is 68.6. The van der Waals surface area contributed by atoms with E-state index >= 15 is 0 Å². The second kappa shape index (κ2) is 0.600. The summed E-state index contributed by atoms with van der Waals surface area (Å²) in [5.74, 6) is 0. The van der Waals surface area contributed by atoms with Crippen LogP contribution in [0.4, 0.5) is 0 Å². The van der Waals surface area contributed by atoms with E-state index in [0.29, 0.717) is 0 Å². The van der Waals surface area contributed by atoms with Crippen LogP contribution in [0.25, 0.3) is 0 Å². The molecule has 0 aromatic rings. The molecule has 3 heteroatoms. The summed E-state index contributed by atoms with van der Waals surface area (Å²) in [5, 5.41) is 0. The molecule has 5 unspecified atom stereocenters. The number of nitrogens with zero attached hydrogens (tertiary/aromatic N) is 1. The van der Waals surface area contributed by atoms with E-state index in [4.69, 9.17) is 0 Å². The van der Waals surface area contributed by atoms with E-state index < -0.39 is 14.6 Å². The van der Waals surface area contributed by atoms with Gasteiger partial charge in [0.1, 0.15) is 0 Å². The summed E-state index contributed by atoms with van der Waals surface area (Å²) in [6.45, 7) is 5.37. The Morgan fingerprint density at radius 2 is 1.33 bits per heavy atom. The monoisotopic (exact) mass is 301 g/mol. The molecule has 10 heterocycles. The van der Waals surface area contributed by atoms with Crippen molar-refractivity contribution >= 4 is 8.07 Å². The number of rotatable bonds is 2. The minimum absolute atomic E-state index is 0.969. The van der Waals surface area contributed by atoms with Crippen LogP contribution >= 0.6 is 0 Å². The van der Waals surface area contributed by atoms with Crippen LogP contribution < -0.4 is 0 Å². The Kier molecular flexibility index (Phi) is 0.254. The van der Waals surface area contributed by atoms with Crippen LogP contribution in [0, 0.1) is 0 Å². The van der Waals surface area contributed by atoms with Gasteiger partial charge < -0.3 is 0 Å². The molecule has 100 valence electrons. The van der Waals surface area contributed by atoms with E-state index in [-0.39, 0.29) is 0 Å². The van der Waals surface area contributed by atoms with Crippen molar-refractivity contribution in [1.82, 2.24) is 4.90 Å². The van der Waals surface area contributed by atoms with Crippen LogP contribution in [0.5, 0.6) is 0 Å². The van der Waals surface area contributed by atoms with E-state index in [9.17, 15) is 0 Å². The molecule has 0 aliphatic carbocycles. The molecule has 10 fully saturated rings. The second-order valence-electron chi connectivity index (χ2n) is 12.9. The first-order valence-electron chi connectivity index (χ1n) is 8.02. The molecule has 10 rings (SSSR count). The zero-order valence-electron chi connectivity index (χ0n) is 11.9. The Morgan fingerprint density at radius 1 is 0.833 bits per heavy atom. The van der Waals surface area contributed by atoms with Gasteiger partial charge in [-0.15, -0.1) is 0 Å². The van der Waals surface area contributed by atoms with Crippen molar-refractivity contribution in [2.45, 2.75) is 66.5 Å². The zero-order valence-corrected chi connectivity index (χ0v) is 14.0. The Labute approximate surface area is 100.0 Å². The first-order valence-corrected chi connectivity index (χ1v) is 17.7. The summed E-state index contributed by atoms with van der Waals surface area (Å²) in [4.78, 5) is 14.7. The Bertz CT molecular complexity index is 1010. The Balaban J connectivity index is 1.71. The van der Waals surface area contributed by atoms with Crippen molar-refractivity contribution in [2.24, 2.45) is 0 Å². The van der Waals surface area contributed by atoms with E-state index in [0.717, 1.165) is 8.37 Å². The van der Waals surface area contributed by atoms with E-state index in [1.165, 1.54) is 38.5 Å². The van der Waals surface area contributed by atoms with Crippen molar-refractivity contribution in [3.8, 4) is 0 Å². The van der Waals surface area contributed by atoms with E-state index in [1.54, 1.807) is 0 Å². The molecule has 1 spiro atoms. The number of hydrogen-bond donors (Lipinski definition) is 0. The molecule has 5 atom stereocenters. The van der Waals surface area contributed by atoms with Crippen molar-refractivity contribution in [1.29, 1.82) is 0 Å². The summed E-state index contributed by atoms with van der Waals surface area (Å²) >= 11 is 0. The van der Waals surface area contributed by atoms with Gasteiger partial charge in [0.25, 0.3) is 0 Å². The molecular formula is C15H23FeNSi. The van der Waals surface area contributed by atoms with Crippen LogP contribution in [0.2, 0.25) is 62.1 Å². The van der Waals surface area contributed by atoms with Crippen LogP contribution in [0.15, 0.2) is 0 Å². The van der Waals surface area contributed by atoms with Gasteiger partial charge in [-0.05, 0) is 0 Å². The van der Waals surface area contributed by atoms with E-state index in [2.05, 4.69) is 38.6 Å². The molecule has 0 amide bonds. The third kappa shape index (κ3) is 0.0698. The molecule has 1 nitrogen and oxygen atoms in total. The molecule has 10 aliphatic heterocycles. The summed E-state index contributed by atoms with van der Waals surface area (Å²) in [7, 11) is 4.06. The van der Waals surface area contributed by atoms with Gasteiger partial charge in [0.05, 0.1) is 0 Å². The second-order valence-corrected chi connectivity index (χ2v) is 41.8. The van der Waals surface area contributed by atoms with Crippen LogP contribution in [0.3, 0.4) is 0 Å². The van der Waals surface area contributed by atoms with Gasteiger partial charge in [-0.2, -0.15) is 0 Å². The van der Waals surface area contributed by atoms with E-state index in [1.807, 2.05) is 0 Å². The van der Waals surface area contributed by atoms with Gasteiger partial charge in [-0.1, -0.05) is 0 Å². The molecule has 0 aromatic carbocycles. The maximum absolute atomic E-state index is 3.01. The summed E-state index contributed by atoms with van der Waals surface area (Å²) in [6, 6.07) is 0. The Morgan fingerprint density at radius 3 is 1.50 bits per heavy atom. The van der Waals surface area contributed by atoms with Gasteiger partial charge in [-0.3, -0.25) is 0 Å². The van der Waals surface area contributed by atoms with Gasteiger partial charge in [0.15, 0.2) is 0 Å². The predicted octanol–water partition coefficient (Wildman–Crippen LogP) is 4.09. The van der Waals surface area contributed by atoms with Crippen LogP contribution in [-0.2, 0) is 6.51 Å². The van der Waals surface area contributed by atoms with Crippen molar-refractivity contribution in [2.75, 3.05) is 14.1 Å². The average molecular weight is 301 g/mol. The molecule has 0 radical (unpaired) electrons. The fourth-order valence-corrected chi connectivity index (χ4v) is 123. The number of fused-ring (bicyclic) bond motifs is 10. The summed E-state index contributed by atoms with van der Waals surface area (Å²) in [6.07, 6.45) is 0.